The summed E-state index contributed by atoms with van der Waals surface area (Å²) in [6.45, 7) is 1.57. The Kier molecular flexibility index (Phi) is 3.20. The average Bonchev–Trinajstić information content (AvgIpc) is 2.36. The molecule has 1 heterocycles. The molecule has 0 saturated heterocycles. The van der Waals surface area contributed by atoms with Crippen LogP contribution in [0.3, 0.4) is 0 Å². The molecule has 94 valence electrons. The molecule has 0 fully saturated rings. The van der Waals surface area contributed by atoms with Crippen molar-refractivity contribution in [3.63, 3.8) is 0 Å². The van der Waals surface area contributed by atoms with Gasteiger partial charge in [-0.25, -0.2) is 0 Å². The van der Waals surface area contributed by atoms with Crippen LogP contribution in [0.15, 0.2) is 47.6 Å². The van der Waals surface area contributed by atoms with Crippen LogP contribution in [0, 0.1) is 6.92 Å². The van der Waals surface area contributed by atoms with Crippen LogP contribution in [0.25, 0.3) is 0 Å². The minimum absolute atomic E-state index is 0.0195. The topological polar surface area (TPSA) is 76.5 Å². The van der Waals surface area contributed by atoms with Crippen LogP contribution in [-0.4, -0.2) is 18.5 Å². The Morgan fingerprint density at radius 2 is 2.00 bits per heavy atom. The molecule has 0 aliphatic heterocycles. The van der Waals surface area contributed by atoms with Gasteiger partial charge in [0.05, 0.1) is 0 Å². The van der Waals surface area contributed by atoms with Gasteiger partial charge in [0.2, 0.25) is 0 Å². The molecule has 1 aromatic heterocycles. The Labute approximate surface area is 105 Å². The minimum atomic E-state index is -3.93. The second-order valence-corrected chi connectivity index (χ2v) is 5.17. The summed E-state index contributed by atoms with van der Waals surface area (Å²) >= 11 is 0. The van der Waals surface area contributed by atoms with E-state index in [-0.39, 0.29) is 16.4 Å². The lowest BCUT2D eigenvalue weighted by atomic mass is 10.2. The van der Waals surface area contributed by atoms with Crippen LogP contribution in [0.1, 0.15) is 5.56 Å². The van der Waals surface area contributed by atoms with E-state index in [9.17, 15) is 13.5 Å². The summed E-state index contributed by atoms with van der Waals surface area (Å²) in [5, 5.41) is 9.48. The number of benzene rings is 1. The number of phenols is 1. The van der Waals surface area contributed by atoms with Crippen LogP contribution < -0.4 is 4.18 Å². The molecule has 0 unspecified atom stereocenters. The van der Waals surface area contributed by atoms with Crippen LogP contribution in [0.5, 0.6) is 11.5 Å². The van der Waals surface area contributed by atoms with Gasteiger partial charge < -0.3 is 9.29 Å². The zero-order valence-corrected chi connectivity index (χ0v) is 10.4. The van der Waals surface area contributed by atoms with Gasteiger partial charge in [-0.3, -0.25) is 4.98 Å². The molecule has 6 heteroatoms. The van der Waals surface area contributed by atoms with E-state index in [2.05, 4.69) is 4.98 Å². The van der Waals surface area contributed by atoms with Crippen molar-refractivity contribution in [1.82, 2.24) is 4.98 Å². The molecule has 0 bridgehead atoms. The maximum atomic E-state index is 11.9. The molecule has 0 atom stereocenters. The number of pyridine rings is 1. The number of aromatic hydroxyl groups is 1. The van der Waals surface area contributed by atoms with E-state index in [1.54, 1.807) is 6.92 Å². The van der Waals surface area contributed by atoms with Gasteiger partial charge in [-0.15, -0.1) is 0 Å². The molecule has 2 aromatic rings. The fraction of sp³-hybridized carbons (Fsp3) is 0.0833. The number of phenolic OH excluding ortho intramolecular Hbond substituents is 1. The maximum absolute atomic E-state index is 11.9. The highest BCUT2D eigenvalue weighted by molar-refractivity contribution is 7.87. The normalized spacial score (nSPS) is 11.2. The quantitative estimate of drug-likeness (QED) is 0.857. The first-order chi connectivity index (χ1) is 8.50. The van der Waals surface area contributed by atoms with E-state index in [1.165, 1.54) is 42.7 Å². The zero-order chi connectivity index (χ0) is 13.2. The maximum Gasteiger partial charge on any atom is 0.340 e. The van der Waals surface area contributed by atoms with E-state index >= 15 is 0 Å². The Hall–Kier alpha value is -2.08. The molecule has 1 N–H and O–H groups in total. The highest BCUT2D eigenvalue weighted by atomic mass is 32.2. The summed E-state index contributed by atoms with van der Waals surface area (Å²) in [6, 6.07) is 7.34. The highest BCUT2D eigenvalue weighted by Gasteiger charge is 2.18. The molecule has 18 heavy (non-hydrogen) atoms. The van der Waals surface area contributed by atoms with Gasteiger partial charge in [-0.05, 0) is 31.2 Å². The van der Waals surface area contributed by atoms with Crippen molar-refractivity contribution in [2.75, 3.05) is 0 Å². The summed E-state index contributed by atoms with van der Waals surface area (Å²) < 4.78 is 28.8. The Morgan fingerprint density at radius 3 is 2.67 bits per heavy atom. The summed E-state index contributed by atoms with van der Waals surface area (Å²) in [6.07, 6.45) is 2.67. The van der Waals surface area contributed by atoms with Crippen LogP contribution in [0.2, 0.25) is 0 Å². The summed E-state index contributed by atoms with van der Waals surface area (Å²) in [5.41, 5.74) is 0.366. The molecule has 0 saturated carbocycles. The summed E-state index contributed by atoms with van der Waals surface area (Å²) in [4.78, 5) is 3.69. The summed E-state index contributed by atoms with van der Waals surface area (Å²) in [5.74, 6) is 0.0766. The van der Waals surface area contributed by atoms with Gasteiger partial charge in [0.25, 0.3) is 0 Å². The van der Waals surface area contributed by atoms with Crippen molar-refractivity contribution in [2.45, 2.75) is 11.8 Å². The van der Waals surface area contributed by atoms with Crippen molar-refractivity contribution in [3.05, 3.63) is 48.3 Å². The molecule has 0 aliphatic rings. The third kappa shape index (κ3) is 2.43. The molecule has 0 aliphatic carbocycles. The van der Waals surface area contributed by atoms with Crippen LogP contribution in [-0.2, 0) is 10.1 Å². The fourth-order valence-electron chi connectivity index (χ4n) is 1.35. The summed E-state index contributed by atoms with van der Waals surface area (Å²) in [7, 11) is -3.93. The van der Waals surface area contributed by atoms with Gasteiger partial charge in [0.15, 0.2) is 0 Å². The molecule has 0 spiro atoms. The Morgan fingerprint density at radius 1 is 1.22 bits per heavy atom. The van der Waals surface area contributed by atoms with Crippen LogP contribution in [0.4, 0.5) is 0 Å². The van der Waals surface area contributed by atoms with E-state index in [1.807, 2.05) is 0 Å². The molecule has 0 amide bonds. The average molecular weight is 265 g/mol. The largest absolute Gasteiger partial charge is 0.508 e. The molecule has 1 aromatic carbocycles. The van der Waals surface area contributed by atoms with Gasteiger partial charge in [-0.1, -0.05) is 6.07 Å². The van der Waals surface area contributed by atoms with Crippen molar-refractivity contribution in [3.8, 4) is 11.5 Å². The second kappa shape index (κ2) is 4.66. The first kappa shape index (κ1) is 12.4. The third-order valence-corrected chi connectivity index (χ3v) is 3.60. The lowest BCUT2D eigenvalue weighted by molar-refractivity contribution is 0.457. The van der Waals surface area contributed by atoms with Gasteiger partial charge >= 0.3 is 10.1 Å². The molecule has 0 radical (unpaired) electrons. The smallest absolute Gasteiger partial charge is 0.340 e. The van der Waals surface area contributed by atoms with Crippen molar-refractivity contribution in [2.24, 2.45) is 0 Å². The first-order valence-electron chi connectivity index (χ1n) is 5.14. The number of hydrogen-bond acceptors (Lipinski definition) is 5. The lowest BCUT2D eigenvalue weighted by Gasteiger charge is -2.09. The van der Waals surface area contributed by atoms with Gasteiger partial charge in [0, 0.05) is 18.0 Å². The van der Waals surface area contributed by atoms with Crippen molar-refractivity contribution in [1.29, 1.82) is 0 Å². The monoisotopic (exact) mass is 265 g/mol. The van der Waals surface area contributed by atoms with Crippen molar-refractivity contribution < 1.29 is 17.7 Å². The van der Waals surface area contributed by atoms with E-state index < -0.39 is 10.1 Å². The minimum Gasteiger partial charge on any atom is -0.508 e. The number of aromatic nitrogens is 1. The Balaban J connectivity index is 2.37. The standard InChI is InChI=1S/C12H11NO4S/c1-9-11(14)5-2-6-12(9)17-18(15,16)10-4-3-7-13-8-10/h2-8,14H,1H3. The van der Waals surface area contributed by atoms with E-state index in [4.69, 9.17) is 4.18 Å². The number of nitrogens with zero attached hydrogens (tertiary/aromatic N) is 1. The second-order valence-electron chi connectivity index (χ2n) is 3.63. The molecule has 5 nitrogen and oxygen atoms in total. The molecular formula is C12H11NO4S. The molecular weight excluding hydrogens is 254 g/mol. The fourth-order valence-corrected chi connectivity index (χ4v) is 2.30. The molecule has 2 rings (SSSR count). The first-order valence-corrected chi connectivity index (χ1v) is 6.54. The number of hydrogen-bond donors (Lipinski definition) is 1. The SMILES string of the molecule is Cc1c(O)cccc1OS(=O)(=O)c1cccnc1. The van der Waals surface area contributed by atoms with Gasteiger partial charge in [0.1, 0.15) is 16.4 Å². The number of rotatable bonds is 3. The lowest BCUT2D eigenvalue weighted by Crippen LogP contribution is -2.10. The predicted molar refractivity (Wildman–Crippen MR) is 64.9 cm³/mol. The van der Waals surface area contributed by atoms with E-state index in [0.717, 1.165) is 0 Å². The predicted octanol–water partition coefficient (Wildman–Crippen LogP) is 1.86. The third-order valence-electron chi connectivity index (χ3n) is 2.38. The zero-order valence-electron chi connectivity index (χ0n) is 9.57. The van der Waals surface area contributed by atoms with E-state index in [0.29, 0.717) is 5.56 Å². The van der Waals surface area contributed by atoms with Crippen molar-refractivity contribution >= 4 is 10.1 Å². The Bertz CT molecular complexity index is 653. The highest BCUT2D eigenvalue weighted by Crippen LogP contribution is 2.28. The van der Waals surface area contributed by atoms with Gasteiger partial charge in [-0.2, -0.15) is 8.42 Å². The van der Waals surface area contributed by atoms with Crippen LogP contribution >= 0.6 is 0 Å².